The van der Waals surface area contributed by atoms with Crippen LogP contribution in [0.25, 0.3) is 0 Å². The molecule has 2 atom stereocenters. The van der Waals surface area contributed by atoms with Gasteiger partial charge < -0.3 is 15.4 Å². The fourth-order valence-electron chi connectivity index (χ4n) is 4.54. The fraction of sp³-hybridized carbons (Fsp3) is 0.360. The number of amides is 1. The summed E-state index contributed by atoms with van der Waals surface area (Å²) in [6.07, 6.45) is 3.24. The molecule has 2 N–H and O–H groups in total. The maximum Gasteiger partial charge on any atom is 0.387 e. The number of anilines is 1. The number of carbonyl (C=O) groups excluding carboxylic acids is 1. The van der Waals surface area contributed by atoms with E-state index in [0.29, 0.717) is 22.7 Å². The lowest BCUT2D eigenvalue weighted by atomic mass is 10.0. The third kappa shape index (κ3) is 6.55. The van der Waals surface area contributed by atoms with E-state index in [1.807, 2.05) is 6.92 Å². The highest BCUT2D eigenvalue weighted by atomic mass is 35.5. The van der Waals surface area contributed by atoms with Crippen molar-refractivity contribution in [2.45, 2.75) is 38.5 Å². The largest absolute Gasteiger partial charge is 0.432 e. The van der Waals surface area contributed by atoms with Gasteiger partial charge in [-0.3, -0.25) is 9.69 Å². The van der Waals surface area contributed by atoms with E-state index in [4.69, 9.17) is 23.2 Å². The number of likely N-dealkylation sites (tertiary alicyclic amines) is 1. The Morgan fingerprint density at radius 1 is 1.31 bits per heavy atom. The molecule has 39 heavy (non-hydrogen) atoms. The van der Waals surface area contributed by atoms with Crippen molar-refractivity contribution >= 4 is 46.5 Å². The van der Waals surface area contributed by atoms with Crippen LogP contribution in [0.3, 0.4) is 0 Å². The van der Waals surface area contributed by atoms with Gasteiger partial charge in [0, 0.05) is 5.56 Å². The number of hydrazone groups is 1. The third-order valence-corrected chi connectivity index (χ3v) is 7.08. The van der Waals surface area contributed by atoms with E-state index in [-0.39, 0.29) is 35.2 Å². The van der Waals surface area contributed by atoms with Crippen molar-refractivity contribution in [3.63, 3.8) is 0 Å². The normalized spacial score (nSPS) is 19.7. The predicted molar refractivity (Wildman–Crippen MR) is 142 cm³/mol. The summed E-state index contributed by atoms with van der Waals surface area (Å²) >= 11 is 12.3. The molecule has 0 aromatic heterocycles. The van der Waals surface area contributed by atoms with Gasteiger partial charge in [-0.05, 0) is 50.2 Å². The van der Waals surface area contributed by atoms with Crippen LogP contribution in [-0.4, -0.2) is 65.8 Å². The minimum atomic E-state index is -3.23. The number of aliphatic imine (C=N–C) groups is 1. The van der Waals surface area contributed by atoms with Gasteiger partial charge >= 0.3 is 6.61 Å². The Bertz CT molecular complexity index is 1340. The van der Waals surface area contributed by atoms with Crippen molar-refractivity contribution in [2.24, 2.45) is 10.1 Å². The van der Waals surface area contributed by atoms with Crippen LogP contribution in [-0.2, 0) is 4.79 Å². The molecule has 4 rings (SSSR count). The molecule has 0 radical (unpaired) electrons. The smallest absolute Gasteiger partial charge is 0.387 e. The Morgan fingerprint density at radius 2 is 2.10 bits per heavy atom. The number of likely N-dealkylation sites (N-methyl/N-ethyl adjacent to an activating group) is 1. The monoisotopic (exact) mass is 581 g/mol. The second kappa shape index (κ2) is 12.5. The molecule has 1 amide bonds. The molecule has 2 heterocycles. The molecule has 9 nitrogen and oxygen atoms in total. The van der Waals surface area contributed by atoms with Crippen LogP contribution in [0.5, 0.6) is 5.75 Å². The quantitative estimate of drug-likeness (QED) is 0.279. The number of carbonyl (C=O) groups is 1. The van der Waals surface area contributed by atoms with Gasteiger partial charge in [0.15, 0.2) is 11.6 Å². The second-order valence-corrected chi connectivity index (χ2v) is 9.52. The van der Waals surface area contributed by atoms with E-state index < -0.39 is 24.2 Å². The molecular weight excluding hydrogens is 558 g/mol. The standard InChI is InChI=1S/C25H24Cl2F3N7O2/c1-2-36-10-4-6-19(36)23(38)33-18-12-37(35-22(18)14-8-9-15(26)16(27)11-14)25(32-13-31)34-17-5-3-7-20(21(17)28)39-24(29)30/h3,5,7-9,11,18-19,24H,2,4,6,10,12H2,1H3,(H,32,34)(H,33,38)/t18?,19-/m1/s1. The first-order valence-electron chi connectivity index (χ1n) is 12.0. The average Bonchev–Trinajstić information content (AvgIpc) is 3.55. The van der Waals surface area contributed by atoms with Gasteiger partial charge in [-0.2, -0.15) is 19.1 Å². The molecular formula is C25H24Cl2F3N7O2. The Hall–Kier alpha value is -3.53. The molecule has 0 aliphatic carbocycles. The van der Waals surface area contributed by atoms with E-state index in [2.05, 4.69) is 30.4 Å². The van der Waals surface area contributed by atoms with Gasteiger partial charge in [0.1, 0.15) is 0 Å². The zero-order chi connectivity index (χ0) is 28.1. The zero-order valence-electron chi connectivity index (χ0n) is 20.7. The molecule has 2 aliphatic heterocycles. The van der Waals surface area contributed by atoms with Crippen molar-refractivity contribution in [3.05, 3.63) is 57.8 Å². The van der Waals surface area contributed by atoms with Crippen LogP contribution in [0, 0.1) is 17.3 Å². The van der Waals surface area contributed by atoms with Gasteiger partial charge in [-0.15, -0.1) is 4.99 Å². The molecule has 2 aromatic rings. The highest BCUT2D eigenvalue weighted by molar-refractivity contribution is 6.42. The van der Waals surface area contributed by atoms with Crippen molar-refractivity contribution in [1.82, 2.24) is 15.2 Å². The van der Waals surface area contributed by atoms with E-state index in [0.717, 1.165) is 25.6 Å². The number of nitrogens with zero attached hydrogens (tertiary/aromatic N) is 5. The number of nitrogens with one attached hydrogen (secondary N) is 2. The number of guanidine groups is 1. The van der Waals surface area contributed by atoms with Gasteiger partial charge in [0.2, 0.25) is 18.1 Å². The summed E-state index contributed by atoms with van der Waals surface area (Å²) in [4.78, 5) is 19.0. The van der Waals surface area contributed by atoms with Crippen LogP contribution >= 0.6 is 23.2 Å². The van der Waals surface area contributed by atoms with Crippen molar-refractivity contribution in [1.29, 1.82) is 5.26 Å². The first-order chi connectivity index (χ1) is 18.7. The van der Waals surface area contributed by atoms with E-state index in [1.165, 1.54) is 17.1 Å². The zero-order valence-corrected chi connectivity index (χ0v) is 22.2. The first kappa shape index (κ1) is 28.5. The Morgan fingerprint density at radius 3 is 2.79 bits per heavy atom. The summed E-state index contributed by atoms with van der Waals surface area (Å²) in [6.45, 7) is 0.338. The molecule has 0 bridgehead atoms. The highest BCUT2D eigenvalue weighted by Gasteiger charge is 2.36. The minimum Gasteiger partial charge on any atom is -0.432 e. The van der Waals surface area contributed by atoms with Crippen molar-refractivity contribution < 1.29 is 22.7 Å². The van der Waals surface area contributed by atoms with Gasteiger partial charge in [0.05, 0.1) is 40.1 Å². The molecule has 0 saturated carbocycles. The van der Waals surface area contributed by atoms with Crippen LogP contribution in [0.1, 0.15) is 25.3 Å². The SMILES string of the molecule is CCN1CCC[C@@H]1C(=O)NC1CN(C(=NC#N)Nc2cccc(OC(F)F)c2F)N=C1c1ccc(Cl)c(Cl)c1. The van der Waals surface area contributed by atoms with Crippen LogP contribution in [0.15, 0.2) is 46.5 Å². The van der Waals surface area contributed by atoms with Gasteiger partial charge in [0.25, 0.3) is 0 Å². The van der Waals surface area contributed by atoms with Crippen LogP contribution < -0.4 is 15.4 Å². The average molecular weight is 582 g/mol. The van der Waals surface area contributed by atoms with Gasteiger partial charge in [-0.1, -0.05) is 42.3 Å². The number of hydrogen-bond acceptors (Lipinski definition) is 6. The lowest BCUT2D eigenvalue weighted by Gasteiger charge is -2.25. The number of benzene rings is 2. The van der Waals surface area contributed by atoms with Crippen molar-refractivity contribution in [3.8, 4) is 11.9 Å². The number of halogens is 5. The molecule has 2 aromatic carbocycles. The van der Waals surface area contributed by atoms with E-state index >= 15 is 0 Å². The number of alkyl halides is 2. The Balaban J connectivity index is 1.64. The number of nitriles is 1. The Labute approximate surface area is 232 Å². The highest BCUT2D eigenvalue weighted by Crippen LogP contribution is 2.28. The summed E-state index contributed by atoms with van der Waals surface area (Å²) in [6, 6.07) is 7.52. The number of ether oxygens (including phenoxy) is 1. The van der Waals surface area contributed by atoms with E-state index in [1.54, 1.807) is 24.4 Å². The predicted octanol–water partition coefficient (Wildman–Crippen LogP) is 4.67. The van der Waals surface area contributed by atoms with Gasteiger partial charge in [-0.25, -0.2) is 9.40 Å². The van der Waals surface area contributed by atoms with E-state index in [9.17, 15) is 23.2 Å². The first-order valence-corrected chi connectivity index (χ1v) is 12.8. The minimum absolute atomic E-state index is 0.0303. The maximum absolute atomic E-state index is 14.8. The topological polar surface area (TPSA) is 105 Å². The maximum atomic E-state index is 14.8. The molecule has 1 unspecified atom stereocenters. The Kier molecular flexibility index (Phi) is 9.16. The molecule has 206 valence electrons. The van der Waals surface area contributed by atoms with Crippen molar-refractivity contribution in [2.75, 3.05) is 25.0 Å². The molecule has 0 spiro atoms. The summed E-state index contributed by atoms with van der Waals surface area (Å²) in [5.74, 6) is -2.17. The molecule has 2 aliphatic rings. The summed E-state index contributed by atoms with van der Waals surface area (Å²) in [7, 11) is 0. The molecule has 1 fully saturated rings. The fourth-order valence-corrected chi connectivity index (χ4v) is 4.84. The third-order valence-electron chi connectivity index (χ3n) is 6.34. The lowest BCUT2D eigenvalue weighted by Crippen LogP contribution is -2.51. The van der Waals surface area contributed by atoms with Crippen LogP contribution in [0.4, 0.5) is 18.9 Å². The summed E-state index contributed by atoms with van der Waals surface area (Å²) in [5.41, 5.74) is 0.696. The second-order valence-electron chi connectivity index (χ2n) is 8.70. The number of hydrogen-bond donors (Lipinski definition) is 2. The summed E-state index contributed by atoms with van der Waals surface area (Å²) in [5, 5.41) is 21.4. The molecule has 14 heteroatoms. The molecule has 1 saturated heterocycles. The lowest BCUT2D eigenvalue weighted by molar-refractivity contribution is -0.125. The number of rotatable bonds is 7. The summed E-state index contributed by atoms with van der Waals surface area (Å²) < 4.78 is 44.4. The van der Waals surface area contributed by atoms with Crippen LogP contribution in [0.2, 0.25) is 10.0 Å².